The van der Waals surface area contributed by atoms with Crippen LogP contribution in [0.25, 0.3) is 6.08 Å². The van der Waals surface area contributed by atoms with Crippen LogP contribution in [0.3, 0.4) is 0 Å². The zero-order valence-electron chi connectivity index (χ0n) is 17.7. The molecule has 1 fully saturated rings. The van der Waals surface area contributed by atoms with Crippen LogP contribution < -0.4 is 19.7 Å². The fourth-order valence-corrected chi connectivity index (χ4v) is 4.69. The average molecular weight is 392 g/mol. The molecule has 1 amide bonds. The van der Waals surface area contributed by atoms with E-state index in [1.807, 2.05) is 24.3 Å². The number of aryl methyl sites for hydroxylation is 1. The summed E-state index contributed by atoms with van der Waals surface area (Å²) in [7, 11) is 3.27. The van der Waals surface area contributed by atoms with Gasteiger partial charge in [0.15, 0.2) is 11.5 Å². The van der Waals surface area contributed by atoms with E-state index >= 15 is 0 Å². The molecule has 1 saturated heterocycles. The number of hydrogen-bond donors (Lipinski definition) is 1. The number of benzene rings is 2. The molecule has 2 aromatic rings. The van der Waals surface area contributed by atoms with Crippen molar-refractivity contribution in [3.63, 3.8) is 0 Å². The highest BCUT2D eigenvalue weighted by atomic mass is 16.5. The number of para-hydroxylation sites is 1. The monoisotopic (exact) mass is 392 g/mol. The summed E-state index contributed by atoms with van der Waals surface area (Å²) in [6.45, 7) is 6.91. The number of hydrogen-bond acceptors (Lipinski definition) is 4. The van der Waals surface area contributed by atoms with Crippen LogP contribution in [0.1, 0.15) is 37.5 Å². The second kappa shape index (κ2) is 6.83. The number of rotatable bonds is 5. The van der Waals surface area contributed by atoms with E-state index < -0.39 is 5.66 Å². The molecule has 0 saturated carbocycles. The van der Waals surface area contributed by atoms with E-state index in [4.69, 9.17) is 9.47 Å². The number of fused-ring (bicyclic) bond motifs is 3. The fraction of sp³-hybridized carbons (Fsp3) is 0.375. The first-order valence-corrected chi connectivity index (χ1v) is 10.00. The predicted octanol–water partition coefficient (Wildman–Crippen LogP) is 3.90. The summed E-state index contributed by atoms with van der Waals surface area (Å²) < 4.78 is 11.0. The second-order valence-electron chi connectivity index (χ2n) is 8.15. The van der Waals surface area contributed by atoms with Gasteiger partial charge in [-0.2, -0.15) is 0 Å². The number of methoxy groups -OCH3 is 2. The summed E-state index contributed by atoms with van der Waals surface area (Å²) in [5.41, 5.74) is 3.66. The predicted molar refractivity (Wildman–Crippen MR) is 116 cm³/mol. The third kappa shape index (κ3) is 2.71. The standard InChI is InChI=1S/C24H28N2O3/c1-6-16-10-11-19-18(14-16)23(2,3)24(25-21(27)15-26(19)24)13-12-17-8-7-9-20(28-4)22(17)29-5/h7-14H,6,15H2,1-5H3,(H,25,27)/t24-/m1/s1. The van der Waals surface area contributed by atoms with Gasteiger partial charge in [-0.3, -0.25) is 4.79 Å². The number of carbonyl (C=O) groups excluding carboxylic acids is 1. The summed E-state index contributed by atoms with van der Waals surface area (Å²) in [5.74, 6) is 1.40. The van der Waals surface area contributed by atoms with Crippen LogP contribution in [0.5, 0.6) is 11.5 Å². The Balaban J connectivity index is 1.84. The lowest BCUT2D eigenvalue weighted by Gasteiger charge is -2.40. The molecule has 0 bridgehead atoms. The van der Waals surface area contributed by atoms with Gasteiger partial charge in [-0.1, -0.05) is 51.1 Å². The molecule has 0 aliphatic carbocycles. The topological polar surface area (TPSA) is 50.8 Å². The molecule has 2 aromatic carbocycles. The molecule has 1 atom stereocenters. The highest BCUT2D eigenvalue weighted by molar-refractivity contribution is 5.91. The van der Waals surface area contributed by atoms with Crippen molar-refractivity contribution >= 4 is 17.7 Å². The van der Waals surface area contributed by atoms with Crippen LogP contribution in [0.2, 0.25) is 0 Å². The zero-order valence-corrected chi connectivity index (χ0v) is 17.7. The van der Waals surface area contributed by atoms with E-state index in [9.17, 15) is 4.79 Å². The Labute approximate surface area is 172 Å². The molecule has 0 radical (unpaired) electrons. The first kappa shape index (κ1) is 19.4. The summed E-state index contributed by atoms with van der Waals surface area (Å²) in [5, 5.41) is 3.27. The van der Waals surface area contributed by atoms with Crippen molar-refractivity contribution in [3.8, 4) is 11.5 Å². The Kier molecular flexibility index (Phi) is 4.56. The lowest BCUT2D eigenvalue weighted by molar-refractivity contribution is -0.118. The minimum absolute atomic E-state index is 0.0329. The van der Waals surface area contributed by atoms with Crippen molar-refractivity contribution in [2.45, 2.75) is 38.3 Å². The summed E-state index contributed by atoms with van der Waals surface area (Å²) in [4.78, 5) is 14.7. The Morgan fingerprint density at radius 2 is 1.97 bits per heavy atom. The van der Waals surface area contributed by atoms with E-state index in [-0.39, 0.29) is 11.3 Å². The van der Waals surface area contributed by atoms with Gasteiger partial charge in [-0.05, 0) is 35.8 Å². The van der Waals surface area contributed by atoms with Crippen molar-refractivity contribution in [1.29, 1.82) is 0 Å². The maximum Gasteiger partial charge on any atom is 0.241 e. The SMILES string of the molecule is CCc1ccc2c(c1)C(C)(C)[C@]1(C=Cc3cccc(OC)c3OC)NC(=O)CN21. The normalized spacial score (nSPS) is 21.8. The van der Waals surface area contributed by atoms with Crippen molar-refractivity contribution in [2.24, 2.45) is 0 Å². The Morgan fingerprint density at radius 3 is 2.66 bits per heavy atom. The van der Waals surface area contributed by atoms with Gasteiger partial charge in [0.05, 0.1) is 20.8 Å². The van der Waals surface area contributed by atoms with Crippen LogP contribution in [0, 0.1) is 0 Å². The smallest absolute Gasteiger partial charge is 0.241 e. The highest BCUT2D eigenvalue weighted by Gasteiger charge is 2.59. The molecule has 5 nitrogen and oxygen atoms in total. The molecule has 0 unspecified atom stereocenters. The van der Waals surface area contributed by atoms with E-state index in [1.54, 1.807) is 14.2 Å². The van der Waals surface area contributed by atoms with Crippen molar-refractivity contribution in [1.82, 2.24) is 5.32 Å². The van der Waals surface area contributed by atoms with Gasteiger partial charge >= 0.3 is 0 Å². The van der Waals surface area contributed by atoms with Crippen molar-refractivity contribution < 1.29 is 14.3 Å². The first-order valence-electron chi connectivity index (χ1n) is 10.00. The van der Waals surface area contributed by atoms with Crippen molar-refractivity contribution in [2.75, 3.05) is 25.7 Å². The molecule has 152 valence electrons. The maximum atomic E-state index is 12.5. The molecular weight excluding hydrogens is 364 g/mol. The van der Waals surface area contributed by atoms with Gasteiger partial charge in [0.25, 0.3) is 0 Å². The largest absolute Gasteiger partial charge is 0.493 e. The number of anilines is 1. The molecule has 4 rings (SSSR count). The quantitative estimate of drug-likeness (QED) is 0.838. The van der Waals surface area contributed by atoms with Gasteiger partial charge in [0.1, 0.15) is 5.66 Å². The third-order valence-corrected chi connectivity index (χ3v) is 6.38. The van der Waals surface area contributed by atoms with E-state index in [0.717, 1.165) is 17.7 Å². The maximum absolute atomic E-state index is 12.5. The summed E-state index contributed by atoms with van der Waals surface area (Å²) in [6.07, 6.45) is 5.11. The lowest BCUT2D eigenvalue weighted by Crippen LogP contribution is -2.58. The van der Waals surface area contributed by atoms with Crippen LogP contribution in [-0.4, -0.2) is 32.3 Å². The molecule has 2 heterocycles. The molecular formula is C24H28N2O3. The number of amides is 1. The van der Waals surface area contributed by atoms with Crippen LogP contribution >= 0.6 is 0 Å². The molecule has 0 spiro atoms. The Morgan fingerprint density at radius 1 is 1.17 bits per heavy atom. The molecule has 5 heteroatoms. The lowest BCUT2D eigenvalue weighted by atomic mass is 9.75. The van der Waals surface area contributed by atoms with E-state index in [0.29, 0.717) is 18.0 Å². The van der Waals surface area contributed by atoms with Crippen LogP contribution in [-0.2, 0) is 16.6 Å². The van der Waals surface area contributed by atoms with Crippen LogP contribution in [0.15, 0.2) is 42.5 Å². The molecule has 0 aromatic heterocycles. The first-order chi connectivity index (χ1) is 13.9. The van der Waals surface area contributed by atoms with Crippen molar-refractivity contribution in [3.05, 3.63) is 59.2 Å². The molecule has 2 aliphatic heterocycles. The van der Waals surface area contributed by atoms with Gasteiger partial charge in [0.2, 0.25) is 5.91 Å². The average Bonchev–Trinajstić information content (AvgIpc) is 3.15. The highest BCUT2D eigenvalue weighted by Crippen LogP contribution is 2.53. The second-order valence-corrected chi connectivity index (χ2v) is 8.15. The zero-order chi connectivity index (χ0) is 20.8. The number of ether oxygens (including phenoxy) is 2. The van der Waals surface area contributed by atoms with E-state index in [1.165, 1.54) is 11.1 Å². The minimum Gasteiger partial charge on any atom is -0.493 e. The van der Waals surface area contributed by atoms with E-state index in [2.05, 4.69) is 55.3 Å². The molecule has 2 aliphatic rings. The minimum atomic E-state index is -0.632. The van der Waals surface area contributed by atoms with Gasteiger partial charge in [0, 0.05) is 16.7 Å². The summed E-state index contributed by atoms with van der Waals surface area (Å²) >= 11 is 0. The Bertz CT molecular complexity index is 996. The van der Waals surface area contributed by atoms with Crippen LogP contribution in [0.4, 0.5) is 5.69 Å². The summed E-state index contributed by atoms with van der Waals surface area (Å²) in [6, 6.07) is 12.4. The van der Waals surface area contributed by atoms with Gasteiger partial charge in [-0.25, -0.2) is 0 Å². The Hall–Kier alpha value is -2.95. The van der Waals surface area contributed by atoms with Gasteiger partial charge < -0.3 is 19.7 Å². The van der Waals surface area contributed by atoms with Gasteiger partial charge in [-0.15, -0.1) is 0 Å². The number of nitrogens with zero attached hydrogens (tertiary/aromatic N) is 1. The molecule has 29 heavy (non-hydrogen) atoms. The fourth-order valence-electron chi connectivity index (χ4n) is 4.69. The number of nitrogens with one attached hydrogen (secondary N) is 1. The third-order valence-electron chi connectivity index (χ3n) is 6.38. The molecule has 1 N–H and O–H groups in total. The number of carbonyl (C=O) groups is 1.